The maximum Gasteiger partial charge on any atom is 0.295 e. The number of rotatable bonds is 9. The molecule has 1 aromatic carbocycles. The molecule has 0 radical (unpaired) electrons. The van der Waals surface area contributed by atoms with Gasteiger partial charge < -0.3 is 19.5 Å². The van der Waals surface area contributed by atoms with Gasteiger partial charge in [0.1, 0.15) is 18.1 Å². The average molecular weight is 469 g/mol. The number of ketones is 1. The predicted molar refractivity (Wildman–Crippen MR) is 127 cm³/mol. The number of hydrogen-bond acceptors (Lipinski definition) is 7. The van der Waals surface area contributed by atoms with Gasteiger partial charge in [-0.05, 0) is 42.1 Å². The lowest BCUT2D eigenvalue weighted by atomic mass is 10.00. The summed E-state index contributed by atoms with van der Waals surface area (Å²) in [5.41, 5.74) is 0.599. The van der Waals surface area contributed by atoms with E-state index in [9.17, 15) is 14.7 Å². The molecule has 0 bridgehead atoms. The lowest BCUT2D eigenvalue weighted by molar-refractivity contribution is -0.140. The molecule has 0 spiro atoms. The number of amides is 1. The van der Waals surface area contributed by atoms with Crippen LogP contribution in [-0.4, -0.2) is 72.6 Å². The zero-order chi connectivity index (χ0) is 23.2. The second-order valence-corrected chi connectivity index (χ2v) is 8.92. The highest BCUT2D eigenvalue weighted by molar-refractivity contribution is 7.10. The molecular weight excluding hydrogens is 440 g/mol. The maximum atomic E-state index is 13.0. The van der Waals surface area contributed by atoms with Crippen molar-refractivity contribution >= 4 is 28.8 Å². The topological polar surface area (TPSA) is 79.3 Å². The number of likely N-dealkylation sites (tertiary alicyclic amines) is 1. The number of nitrogens with zero attached hydrogens (tertiary/aromatic N) is 2. The Kier molecular flexibility index (Phi) is 7.59. The highest BCUT2D eigenvalue weighted by Gasteiger charge is 2.46. The van der Waals surface area contributed by atoms with E-state index in [0.717, 1.165) is 44.1 Å². The molecule has 1 amide bonds. The van der Waals surface area contributed by atoms with Crippen LogP contribution in [0.5, 0.6) is 5.75 Å². The maximum absolute atomic E-state index is 13.0. The van der Waals surface area contributed by atoms with Crippen molar-refractivity contribution in [2.75, 3.05) is 46.0 Å². The Hall–Kier alpha value is -2.94. The van der Waals surface area contributed by atoms with E-state index >= 15 is 0 Å². The van der Waals surface area contributed by atoms with Crippen LogP contribution >= 0.6 is 11.3 Å². The van der Waals surface area contributed by atoms with Gasteiger partial charge in [-0.2, -0.15) is 0 Å². The predicted octanol–water partition coefficient (Wildman–Crippen LogP) is 3.46. The second-order valence-electron chi connectivity index (χ2n) is 7.94. The Bertz CT molecular complexity index is 1010. The van der Waals surface area contributed by atoms with Crippen LogP contribution in [0.3, 0.4) is 0 Å². The minimum Gasteiger partial charge on any atom is -0.507 e. The highest BCUT2D eigenvalue weighted by Crippen LogP contribution is 2.41. The standard InChI is InChI=1S/C25H28N2O5S/c1-2-14-32-19-8-6-18(7-9-19)23(28)21-22(20-5-3-17-33-20)27(25(30)24(21)29)11-4-10-26-12-15-31-16-13-26/h2-3,5-9,17,22,28H,1,4,10-16H2/b23-21+/t22-/m0/s1. The number of aliphatic hydroxyl groups is 1. The number of morpholine rings is 1. The first-order valence-corrected chi connectivity index (χ1v) is 11.9. The highest BCUT2D eigenvalue weighted by atomic mass is 32.1. The van der Waals surface area contributed by atoms with E-state index in [1.165, 1.54) is 11.3 Å². The Morgan fingerprint density at radius 1 is 1.18 bits per heavy atom. The first kappa shape index (κ1) is 23.2. The molecule has 174 valence electrons. The monoisotopic (exact) mass is 468 g/mol. The molecule has 3 heterocycles. The summed E-state index contributed by atoms with van der Waals surface area (Å²) in [6.45, 7) is 8.45. The third kappa shape index (κ3) is 5.19. The molecule has 1 aromatic heterocycles. The van der Waals surface area contributed by atoms with Crippen molar-refractivity contribution < 1.29 is 24.2 Å². The summed E-state index contributed by atoms with van der Waals surface area (Å²) in [5, 5.41) is 13.0. The van der Waals surface area contributed by atoms with Crippen molar-refractivity contribution in [2.45, 2.75) is 12.5 Å². The number of aliphatic hydroxyl groups excluding tert-OH is 1. The van der Waals surface area contributed by atoms with Crippen LogP contribution in [0, 0.1) is 0 Å². The molecule has 1 atom stereocenters. The van der Waals surface area contributed by atoms with E-state index in [1.54, 1.807) is 35.2 Å². The molecule has 0 unspecified atom stereocenters. The largest absolute Gasteiger partial charge is 0.507 e. The molecule has 2 aliphatic rings. The van der Waals surface area contributed by atoms with Crippen molar-refractivity contribution in [2.24, 2.45) is 0 Å². The number of Topliss-reactive ketones (excluding diaryl/α,β-unsaturated/α-hetero) is 1. The Morgan fingerprint density at radius 3 is 2.61 bits per heavy atom. The summed E-state index contributed by atoms with van der Waals surface area (Å²) in [5.74, 6) is -0.755. The van der Waals surface area contributed by atoms with Crippen molar-refractivity contribution in [1.29, 1.82) is 0 Å². The number of benzene rings is 1. The van der Waals surface area contributed by atoms with Crippen LogP contribution in [0.4, 0.5) is 0 Å². The third-order valence-corrected chi connectivity index (χ3v) is 6.75. The van der Waals surface area contributed by atoms with Gasteiger partial charge in [0.2, 0.25) is 0 Å². The van der Waals surface area contributed by atoms with Crippen LogP contribution in [0.15, 0.2) is 60.0 Å². The Balaban J connectivity index is 1.58. The second kappa shape index (κ2) is 10.8. The van der Waals surface area contributed by atoms with Gasteiger partial charge in [-0.15, -0.1) is 11.3 Å². The molecule has 2 fully saturated rings. The third-order valence-electron chi connectivity index (χ3n) is 5.83. The molecule has 2 aromatic rings. The van der Waals surface area contributed by atoms with E-state index in [0.29, 0.717) is 24.5 Å². The molecule has 2 saturated heterocycles. The summed E-state index contributed by atoms with van der Waals surface area (Å²) in [6, 6.07) is 10.0. The van der Waals surface area contributed by atoms with E-state index in [2.05, 4.69) is 11.5 Å². The number of hydrogen-bond donors (Lipinski definition) is 1. The lowest BCUT2D eigenvalue weighted by Crippen LogP contribution is -2.38. The van der Waals surface area contributed by atoms with Gasteiger partial charge in [0, 0.05) is 36.6 Å². The average Bonchev–Trinajstić information content (AvgIpc) is 3.46. The van der Waals surface area contributed by atoms with E-state index in [4.69, 9.17) is 9.47 Å². The lowest BCUT2D eigenvalue weighted by Gasteiger charge is -2.28. The summed E-state index contributed by atoms with van der Waals surface area (Å²) in [7, 11) is 0. The fraction of sp³-hybridized carbons (Fsp3) is 0.360. The molecule has 1 N–H and O–H groups in total. The number of carbonyl (C=O) groups excluding carboxylic acids is 2. The van der Waals surface area contributed by atoms with Gasteiger partial charge >= 0.3 is 0 Å². The van der Waals surface area contributed by atoms with Gasteiger partial charge in [-0.3, -0.25) is 14.5 Å². The van der Waals surface area contributed by atoms with Crippen molar-refractivity contribution in [3.05, 3.63) is 70.4 Å². The number of thiophene rings is 1. The zero-order valence-corrected chi connectivity index (χ0v) is 19.3. The van der Waals surface area contributed by atoms with Crippen molar-refractivity contribution in [3.63, 3.8) is 0 Å². The fourth-order valence-corrected chi connectivity index (χ4v) is 5.01. The quantitative estimate of drug-likeness (QED) is 0.263. The van der Waals surface area contributed by atoms with Gasteiger partial charge in [0.15, 0.2) is 0 Å². The first-order valence-electron chi connectivity index (χ1n) is 11.1. The van der Waals surface area contributed by atoms with Crippen LogP contribution in [0.25, 0.3) is 5.76 Å². The Morgan fingerprint density at radius 2 is 1.94 bits per heavy atom. The fourth-order valence-electron chi connectivity index (χ4n) is 4.16. The number of ether oxygens (including phenoxy) is 2. The smallest absolute Gasteiger partial charge is 0.295 e. The normalized spacial score (nSPS) is 20.8. The summed E-state index contributed by atoms with van der Waals surface area (Å²) >= 11 is 1.47. The SMILES string of the molecule is C=CCOc1ccc(/C(O)=C2\C(=O)C(=O)N(CCCN3CCOCC3)[C@H]2c2cccs2)cc1. The van der Waals surface area contributed by atoms with Crippen LogP contribution in [-0.2, 0) is 14.3 Å². The molecule has 4 rings (SSSR count). The summed E-state index contributed by atoms with van der Waals surface area (Å²) in [6.07, 6.45) is 2.39. The van der Waals surface area contributed by atoms with Crippen molar-refractivity contribution in [3.8, 4) is 5.75 Å². The minimum atomic E-state index is -0.649. The van der Waals surface area contributed by atoms with E-state index in [-0.39, 0.29) is 11.3 Å². The molecule has 33 heavy (non-hydrogen) atoms. The molecular formula is C25H28N2O5S. The Labute approximate surface area is 197 Å². The van der Waals surface area contributed by atoms with Gasteiger partial charge in [0.25, 0.3) is 11.7 Å². The molecule has 2 aliphatic heterocycles. The first-order chi connectivity index (χ1) is 16.1. The molecule has 7 nitrogen and oxygen atoms in total. The minimum absolute atomic E-state index is 0.133. The summed E-state index contributed by atoms with van der Waals surface area (Å²) < 4.78 is 10.9. The molecule has 8 heteroatoms. The van der Waals surface area contributed by atoms with E-state index < -0.39 is 17.7 Å². The van der Waals surface area contributed by atoms with Gasteiger partial charge in [-0.1, -0.05) is 18.7 Å². The zero-order valence-electron chi connectivity index (χ0n) is 18.4. The summed E-state index contributed by atoms with van der Waals surface area (Å²) in [4.78, 5) is 30.8. The molecule has 0 saturated carbocycles. The molecule has 0 aliphatic carbocycles. The van der Waals surface area contributed by atoms with Gasteiger partial charge in [-0.25, -0.2) is 0 Å². The van der Waals surface area contributed by atoms with Gasteiger partial charge in [0.05, 0.1) is 24.8 Å². The van der Waals surface area contributed by atoms with E-state index in [1.807, 2.05) is 17.5 Å². The van der Waals surface area contributed by atoms with Crippen LogP contribution in [0.1, 0.15) is 22.9 Å². The van der Waals surface area contributed by atoms with Crippen LogP contribution in [0.2, 0.25) is 0 Å². The number of carbonyl (C=O) groups is 2. The van der Waals surface area contributed by atoms with Crippen molar-refractivity contribution in [1.82, 2.24) is 9.80 Å². The van der Waals surface area contributed by atoms with Crippen LogP contribution < -0.4 is 4.74 Å².